The van der Waals surface area contributed by atoms with Gasteiger partial charge in [0.05, 0.1) is 33.4 Å². The molecule has 1 atom stereocenters. The number of rotatable bonds is 9. The number of methoxy groups -OCH3 is 3. The van der Waals surface area contributed by atoms with Gasteiger partial charge in [0.1, 0.15) is 5.75 Å². The number of piperazine rings is 1. The Morgan fingerprint density at radius 1 is 0.861 bits per heavy atom. The Morgan fingerprint density at radius 3 is 2.31 bits per heavy atom. The molecule has 5 rings (SSSR count). The summed E-state index contributed by atoms with van der Waals surface area (Å²) >= 11 is 0. The van der Waals surface area contributed by atoms with E-state index in [-0.39, 0.29) is 6.04 Å². The molecule has 192 valence electrons. The number of hydrogen-bond donors (Lipinski definition) is 0. The van der Waals surface area contributed by atoms with Crippen LogP contribution in [-0.4, -0.2) is 77.5 Å². The van der Waals surface area contributed by atoms with Crippen LogP contribution in [0.1, 0.15) is 54.7 Å². The van der Waals surface area contributed by atoms with E-state index in [2.05, 4.69) is 54.3 Å². The van der Waals surface area contributed by atoms with E-state index in [0.29, 0.717) is 6.04 Å². The largest absolute Gasteiger partial charge is 0.496 e. The number of ether oxygens (including phenoxy) is 3. The molecule has 9 heteroatoms. The molecule has 2 aromatic carbocycles. The molecule has 3 aromatic rings. The average molecular weight is 493 g/mol. The first-order valence-electron chi connectivity index (χ1n) is 12.8. The highest BCUT2D eigenvalue weighted by atomic mass is 16.5. The fourth-order valence-corrected chi connectivity index (χ4v) is 5.59. The van der Waals surface area contributed by atoms with E-state index in [1.54, 1.807) is 21.3 Å². The van der Waals surface area contributed by atoms with Gasteiger partial charge in [-0.1, -0.05) is 37.1 Å². The Morgan fingerprint density at radius 2 is 1.58 bits per heavy atom. The van der Waals surface area contributed by atoms with Crippen LogP contribution >= 0.6 is 0 Å². The highest BCUT2D eigenvalue weighted by molar-refractivity contribution is 5.45. The normalized spacial score (nSPS) is 18.3. The van der Waals surface area contributed by atoms with Crippen LogP contribution in [0.5, 0.6) is 17.2 Å². The second-order valence-electron chi connectivity index (χ2n) is 9.56. The molecule has 0 spiro atoms. The Bertz CT molecular complexity index is 1140. The summed E-state index contributed by atoms with van der Waals surface area (Å²) in [7, 11) is 5.07. The van der Waals surface area contributed by atoms with Crippen molar-refractivity contribution < 1.29 is 14.2 Å². The zero-order valence-electron chi connectivity index (χ0n) is 21.5. The molecule has 0 radical (unpaired) electrons. The summed E-state index contributed by atoms with van der Waals surface area (Å²) in [6.45, 7) is 4.59. The van der Waals surface area contributed by atoms with Crippen LogP contribution < -0.4 is 14.2 Å². The van der Waals surface area contributed by atoms with Gasteiger partial charge in [0.15, 0.2) is 17.3 Å². The number of para-hydroxylation sites is 1. The molecule has 9 nitrogen and oxygen atoms in total. The third-order valence-corrected chi connectivity index (χ3v) is 7.52. The van der Waals surface area contributed by atoms with Crippen molar-refractivity contribution in [2.75, 3.05) is 47.5 Å². The molecule has 2 heterocycles. The zero-order chi connectivity index (χ0) is 24.9. The maximum absolute atomic E-state index is 5.64. The molecule has 0 amide bonds. The van der Waals surface area contributed by atoms with E-state index in [4.69, 9.17) is 14.2 Å². The van der Waals surface area contributed by atoms with Crippen molar-refractivity contribution in [2.45, 2.75) is 44.3 Å². The maximum Gasteiger partial charge on any atom is 0.173 e. The lowest BCUT2D eigenvalue weighted by atomic mass is 10.0. The van der Waals surface area contributed by atoms with Crippen LogP contribution in [0, 0.1) is 0 Å². The molecule has 1 aliphatic carbocycles. The summed E-state index contributed by atoms with van der Waals surface area (Å²) in [5.41, 5.74) is 2.33. The smallest absolute Gasteiger partial charge is 0.173 e. The highest BCUT2D eigenvalue weighted by Crippen LogP contribution is 2.37. The molecule has 0 unspecified atom stereocenters. The molecule has 0 bridgehead atoms. The first-order chi connectivity index (χ1) is 17.7. The van der Waals surface area contributed by atoms with E-state index >= 15 is 0 Å². The van der Waals surface area contributed by atoms with Crippen LogP contribution in [0.3, 0.4) is 0 Å². The maximum atomic E-state index is 5.64. The Labute approximate surface area is 212 Å². The van der Waals surface area contributed by atoms with Crippen LogP contribution in [-0.2, 0) is 6.54 Å². The second kappa shape index (κ2) is 11.3. The first kappa shape index (κ1) is 24.5. The van der Waals surface area contributed by atoms with Gasteiger partial charge in [-0.25, -0.2) is 4.68 Å². The monoisotopic (exact) mass is 492 g/mol. The molecule has 1 saturated heterocycles. The highest BCUT2D eigenvalue weighted by Gasteiger charge is 2.33. The molecule has 36 heavy (non-hydrogen) atoms. The Balaban J connectivity index is 1.41. The van der Waals surface area contributed by atoms with Gasteiger partial charge in [-0.3, -0.25) is 9.80 Å². The van der Waals surface area contributed by atoms with Gasteiger partial charge in [0.2, 0.25) is 0 Å². The quantitative estimate of drug-likeness (QED) is 0.447. The lowest BCUT2D eigenvalue weighted by Gasteiger charge is -2.39. The molecule has 2 aliphatic rings. The fourth-order valence-electron chi connectivity index (χ4n) is 5.59. The topological polar surface area (TPSA) is 77.8 Å². The van der Waals surface area contributed by atoms with Gasteiger partial charge in [0, 0.05) is 38.3 Å². The van der Waals surface area contributed by atoms with Crippen molar-refractivity contribution in [3.05, 3.63) is 59.4 Å². The molecular formula is C27H36N6O3. The van der Waals surface area contributed by atoms with Gasteiger partial charge in [-0.05, 0) is 47.0 Å². The van der Waals surface area contributed by atoms with Crippen molar-refractivity contribution in [2.24, 2.45) is 0 Å². The minimum atomic E-state index is -0.0613. The van der Waals surface area contributed by atoms with E-state index in [0.717, 1.165) is 74.2 Å². The number of benzene rings is 2. The summed E-state index contributed by atoms with van der Waals surface area (Å²) in [5.74, 6) is 3.29. The van der Waals surface area contributed by atoms with Gasteiger partial charge in [-0.15, -0.1) is 5.10 Å². The molecule has 1 aromatic heterocycles. The molecule has 1 saturated carbocycles. The lowest BCUT2D eigenvalue weighted by molar-refractivity contribution is 0.0986. The summed E-state index contributed by atoms with van der Waals surface area (Å²) < 4.78 is 18.8. The van der Waals surface area contributed by atoms with Crippen LogP contribution in [0.2, 0.25) is 0 Å². The number of aromatic nitrogens is 4. The van der Waals surface area contributed by atoms with E-state index < -0.39 is 0 Å². The van der Waals surface area contributed by atoms with Crippen LogP contribution in [0.4, 0.5) is 0 Å². The predicted molar refractivity (Wildman–Crippen MR) is 137 cm³/mol. The molecule has 0 N–H and O–H groups in total. The third-order valence-electron chi connectivity index (χ3n) is 7.52. The van der Waals surface area contributed by atoms with Gasteiger partial charge < -0.3 is 14.2 Å². The number of hydrogen-bond acceptors (Lipinski definition) is 8. The predicted octanol–water partition coefficient (Wildman–Crippen LogP) is 3.72. The Kier molecular flexibility index (Phi) is 7.67. The van der Waals surface area contributed by atoms with Crippen molar-refractivity contribution in [3.8, 4) is 17.2 Å². The minimum absolute atomic E-state index is 0.0613. The summed E-state index contributed by atoms with van der Waals surface area (Å²) in [4.78, 5) is 4.98. The average Bonchev–Trinajstić information content (AvgIpc) is 3.62. The molecular weight excluding hydrogens is 456 g/mol. The van der Waals surface area contributed by atoms with E-state index in [9.17, 15) is 0 Å². The van der Waals surface area contributed by atoms with E-state index in [1.165, 1.54) is 18.4 Å². The first-order valence-corrected chi connectivity index (χ1v) is 12.8. The molecule has 1 aliphatic heterocycles. The number of nitrogens with zero attached hydrogens (tertiary/aromatic N) is 6. The van der Waals surface area contributed by atoms with Crippen molar-refractivity contribution >= 4 is 0 Å². The van der Waals surface area contributed by atoms with Gasteiger partial charge in [0.25, 0.3) is 0 Å². The second-order valence-corrected chi connectivity index (χ2v) is 9.56. The molecule has 2 fully saturated rings. The minimum Gasteiger partial charge on any atom is -0.496 e. The summed E-state index contributed by atoms with van der Waals surface area (Å²) in [6, 6.07) is 14.7. The van der Waals surface area contributed by atoms with Gasteiger partial charge in [-0.2, -0.15) is 0 Å². The van der Waals surface area contributed by atoms with Crippen molar-refractivity contribution in [1.29, 1.82) is 0 Å². The Hall–Kier alpha value is -3.17. The summed E-state index contributed by atoms with van der Waals surface area (Å²) in [6.07, 6.45) is 4.71. The summed E-state index contributed by atoms with van der Waals surface area (Å²) in [5, 5.41) is 13.2. The van der Waals surface area contributed by atoms with Crippen LogP contribution in [0.15, 0.2) is 42.5 Å². The van der Waals surface area contributed by atoms with Crippen LogP contribution in [0.25, 0.3) is 0 Å². The lowest BCUT2D eigenvalue weighted by Crippen LogP contribution is -2.48. The fraction of sp³-hybridized carbons (Fsp3) is 0.519. The van der Waals surface area contributed by atoms with Crippen molar-refractivity contribution in [3.63, 3.8) is 0 Å². The number of tetrazole rings is 1. The standard InChI is InChI=1S/C27H36N6O3/c1-34-23-11-7-4-8-21(23)19-31-14-16-32(17-15-31)26(20-12-13-24(35-2)25(18-20)36-3)27-28-29-30-33(27)22-9-5-6-10-22/h4,7-8,11-13,18,22,26H,5-6,9-10,14-17,19H2,1-3H3/t26-/m1/s1. The zero-order valence-corrected chi connectivity index (χ0v) is 21.5. The van der Waals surface area contributed by atoms with Gasteiger partial charge >= 0.3 is 0 Å². The third kappa shape index (κ3) is 5.03. The van der Waals surface area contributed by atoms with Crippen molar-refractivity contribution in [1.82, 2.24) is 30.0 Å². The SMILES string of the molecule is COc1ccccc1CN1CCN([C@H](c2ccc(OC)c(OC)c2)c2nnnn2C2CCCC2)CC1. The van der Waals surface area contributed by atoms with E-state index in [1.807, 2.05) is 18.2 Å².